The number of fused-ring (bicyclic) bond motifs is 1. The molecule has 0 spiro atoms. The van der Waals surface area contributed by atoms with Crippen LogP contribution >= 0.6 is 11.6 Å². The summed E-state index contributed by atoms with van der Waals surface area (Å²) in [6.07, 6.45) is -0.352. The zero-order chi connectivity index (χ0) is 15.0. The van der Waals surface area contributed by atoms with Crippen LogP contribution in [-0.4, -0.2) is 12.9 Å². The van der Waals surface area contributed by atoms with Crippen LogP contribution in [0.15, 0.2) is 36.4 Å². The van der Waals surface area contributed by atoms with E-state index in [1.165, 1.54) is 12.1 Å². The Morgan fingerprint density at radius 1 is 1.29 bits per heavy atom. The molecule has 2 aromatic rings. The van der Waals surface area contributed by atoms with Crippen LogP contribution in [0, 0.1) is 5.82 Å². The minimum absolute atomic E-state index is 0.0377. The van der Waals surface area contributed by atoms with Gasteiger partial charge < -0.3 is 9.47 Å². The van der Waals surface area contributed by atoms with Gasteiger partial charge in [-0.2, -0.15) is 0 Å². The fourth-order valence-corrected chi connectivity index (χ4v) is 2.66. The lowest BCUT2D eigenvalue weighted by Gasteiger charge is -2.26. The quantitative estimate of drug-likeness (QED) is 0.834. The monoisotopic (exact) mass is 306 g/mol. The lowest BCUT2D eigenvalue weighted by atomic mass is 9.96. The summed E-state index contributed by atoms with van der Waals surface area (Å²) >= 11 is 6.04. The molecule has 21 heavy (non-hydrogen) atoms. The van der Waals surface area contributed by atoms with E-state index in [-0.39, 0.29) is 17.2 Å². The smallest absolute Gasteiger partial charge is 0.170 e. The number of Topliss-reactive ketones (excluding diaryl/α,β-unsaturated/α-hetero) is 1. The van der Waals surface area contributed by atoms with Crippen LogP contribution in [0.2, 0.25) is 5.02 Å². The number of hydrogen-bond donors (Lipinski definition) is 0. The average Bonchev–Trinajstić information content (AvgIpc) is 2.46. The molecule has 0 amide bonds. The Labute approximate surface area is 126 Å². The highest BCUT2D eigenvalue weighted by Gasteiger charge is 2.29. The summed E-state index contributed by atoms with van der Waals surface area (Å²) in [7, 11) is 1.54. The number of rotatable bonds is 2. The predicted molar refractivity (Wildman–Crippen MR) is 76.7 cm³/mol. The van der Waals surface area contributed by atoms with E-state index in [0.717, 1.165) is 0 Å². The highest BCUT2D eigenvalue weighted by Crippen LogP contribution is 2.38. The summed E-state index contributed by atoms with van der Waals surface area (Å²) in [6.45, 7) is 0. The molecule has 0 saturated heterocycles. The second-order valence-corrected chi connectivity index (χ2v) is 5.17. The summed E-state index contributed by atoms with van der Waals surface area (Å²) in [5.74, 6) is 0.598. The maximum Gasteiger partial charge on any atom is 0.170 e. The van der Waals surface area contributed by atoms with E-state index in [9.17, 15) is 9.18 Å². The second-order valence-electron chi connectivity index (χ2n) is 4.76. The van der Waals surface area contributed by atoms with Crippen molar-refractivity contribution in [3.63, 3.8) is 0 Å². The van der Waals surface area contributed by atoms with E-state index in [4.69, 9.17) is 21.1 Å². The van der Waals surface area contributed by atoms with Gasteiger partial charge in [0.15, 0.2) is 5.78 Å². The molecule has 3 nitrogen and oxygen atoms in total. The molecule has 1 heterocycles. The Hall–Kier alpha value is -2.07. The van der Waals surface area contributed by atoms with E-state index in [1.807, 2.05) is 0 Å². The number of ether oxygens (including phenoxy) is 2. The zero-order valence-corrected chi connectivity index (χ0v) is 12.0. The molecule has 0 fully saturated rings. The van der Waals surface area contributed by atoms with Gasteiger partial charge in [-0.25, -0.2) is 4.39 Å². The van der Waals surface area contributed by atoms with Crippen LogP contribution in [0.25, 0.3) is 0 Å². The molecule has 0 aliphatic carbocycles. The van der Waals surface area contributed by atoms with Gasteiger partial charge >= 0.3 is 0 Å². The van der Waals surface area contributed by atoms with Gasteiger partial charge in [-0.15, -0.1) is 0 Å². The molecule has 0 aromatic heterocycles. The molecule has 2 aromatic carbocycles. The highest BCUT2D eigenvalue weighted by molar-refractivity contribution is 6.31. The molecular weight excluding hydrogens is 295 g/mol. The summed E-state index contributed by atoms with van der Waals surface area (Å²) in [5.41, 5.74) is 1.12. The van der Waals surface area contributed by atoms with Crippen molar-refractivity contribution >= 4 is 17.4 Å². The first-order valence-electron chi connectivity index (χ1n) is 6.41. The second kappa shape index (κ2) is 5.37. The third-order valence-corrected chi connectivity index (χ3v) is 3.77. The lowest BCUT2D eigenvalue weighted by Crippen LogP contribution is -2.20. The van der Waals surface area contributed by atoms with Gasteiger partial charge in [0.2, 0.25) is 0 Å². The molecule has 0 N–H and O–H groups in total. The first-order chi connectivity index (χ1) is 10.1. The van der Waals surface area contributed by atoms with E-state index in [0.29, 0.717) is 22.6 Å². The summed E-state index contributed by atoms with van der Waals surface area (Å²) in [6, 6.07) is 9.11. The van der Waals surface area contributed by atoms with E-state index in [2.05, 4.69) is 0 Å². The summed E-state index contributed by atoms with van der Waals surface area (Å²) in [4.78, 5) is 12.2. The van der Waals surface area contributed by atoms with E-state index < -0.39 is 11.9 Å². The Morgan fingerprint density at radius 2 is 2.10 bits per heavy atom. The molecule has 0 bridgehead atoms. The first kappa shape index (κ1) is 13.9. The Balaban J connectivity index is 1.99. The van der Waals surface area contributed by atoms with Crippen molar-refractivity contribution in [3.8, 4) is 11.5 Å². The normalized spacial score (nSPS) is 17.1. The number of hydrogen-bond acceptors (Lipinski definition) is 3. The van der Waals surface area contributed by atoms with Crippen LogP contribution in [0.3, 0.4) is 0 Å². The number of carbonyl (C=O) groups excluding carboxylic acids is 1. The molecule has 3 rings (SSSR count). The SMILES string of the molecule is COc1ccc2c(c1)OC(c1ccc(F)cc1Cl)CC2=O. The first-order valence-corrected chi connectivity index (χ1v) is 6.79. The third-order valence-electron chi connectivity index (χ3n) is 3.44. The minimum atomic E-state index is -0.523. The van der Waals surface area contributed by atoms with Crippen molar-refractivity contribution in [3.05, 3.63) is 58.4 Å². The fraction of sp³-hybridized carbons (Fsp3) is 0.188. The molecule has 108 valence electrons. The van der Waals surface area contributed by atoms with Gasteiger partial charge in [0.25, 0.3) is 0 Å². The van der Waals surface area contributed by atoms with Gasteiger partial charge in [0, 0.05) is 11.6 Å². The van der Waals surface area contributed by atoms with Crippen molar-refractivity contribution in [2.75, 3.05) is 7.11 Å². The topological polar surface area (TPSA) is 35.5 Å². The van der Waals surface area contributed by atoms with Crippen LogP contribution in [-0.2, 0) is 0 Å². The number of methoxy groups -OCH3 is 1. The van der Waals surface area contributed by atoms with Gasteiger partial charge in [0.1, 0.15) is 23.4 Å². The van der Waals surface area contributed by atoms with E-state index in [1.54, 1.807) is 31.4 Å². The zero-order valence-electron chi connectivity index (χ0n) is 11.2. The van der Waals surface area contributed by atoms with Gasteiger partial charge in [-0.3, -0.25) is 4.79 Å². The van der Waals surface area contributed by atoms with Gasteiger partial charge in [-0.1, -0.05) is 17.7 Å². The number of ketones is 1. The predicted octanol–water partition coefficient (Wildman–Crippen LogP) is 4.19. The van der Waals surface area contributed by atoms with Gasteiger partial charge in [0.05, 0.1) is 24.1 Å². The molecule has 0 radical (unpaired) electrons. The van der Waals surface area contributed by atoms with Crippen LogP contribution in [0.5, 0.6) is 11.5 Å². The Morgan fingerprint density at radius 3 is 2.81 bits per heavy atom. The molecule has 5 heteroatoms. The Kier molecular flexibility index (Phi) is 3.55. The standard InChI is InChI=1S/C16H12ClFO3/c1-20-10-3-5-12-14(19)8-16(21-15(12)7-10)11-4-2-9(18)6-13(11)17/h2-7,16H,8H2,1H3. The van der Waals surface area contributed by atoms with Crippen molar-refractivity contribution in [2.45, 2.75) is 12.5 Å². The Bertz CT molecular complexity index is 715. The summed E-state index contributed by atoms with van der Waals surface area (Å²) in [5, 5.41) is 0.249. The van der Waals surface area contributed by atoms with Crippen LogP contribution in [0.4, 0.5) is 4.39 Å². The summed E-state index contributed by atoms with van der Waals surface area (Å²) < 4.78 is 24.1. The van der Waals surface area contributed by atoms with Crippen LogP contribution in [0.1, 0.15) is 28.4 Å². The molecular formula is C16H12ClFO3. The largest absolute Gasteiger partial charge is 0.497 e. The molecule has 1 atom stereocenters. The molecule has 1 aliphatic rings. The molecule has 1 unspecified atom stereocenters. The molecule has 1 aliphatic heterocycles. The van der Waals surface area contributed by atoms with Crippen molar-refractivity contribution in [1.82, 2.24) is 0 Å². The average molecular weight is 307 g/mol. The highest BCUT2D eigenvalue weighted by atomic mass is 35.5. The maximum absolute atomic E-state index is 13.1. The third kappa shape index (κ3) is 2.59. The number of benzene rings is 2. The fourth-order valence-electron chi connectivity index (χ4n) is 2.37. The van der Waals surface area contributed by atoms with Crippen molar-refractivity contribution < 1.29 is 18.7 Å². The number of halogens is 2. The van der Waals surface area contributed by atoms with Crippen molar-refractivity contribution in [2.24, 2.45) is 0 Å². The maximum atomic E-state index is 13.1. The molecule has 0 saturated carbocycles. The van der Waals surface area contributed by atoms with Gasteiger partial charge in [-0.05, 0) is 24.3 Å². The van der Waals surface area contributed by atoms with Crippen LogP contribution < -0.4 is 9.47 Å². The van der Waals surface area contributed by atoms with Crippen molar-refractivity contribution in [1.29, 1.82) is 0 Å². The minimum Gasteiger partial charge on any atom is -0.497 e. The number of carbonyl (C=O) groups is 1. The lowest BCUT2D eigenvalue weighted by molar-refractivity contribution is 0.0849. The van der Waals surface area contributed by atoms with E-state index >= 15 is 0 Å².